The summed E-state index contributed by atoms with van der Waals surface area (Å²) in [6.07, 6.45) is 4.66. The average molecular weight is 505 g/mol. The maximum absolute atomic E-state index is 13.7. The Morgan fingerprint density at radius 3 is 2.23 bits per heavy atom. The molecule has 1 saturated carbocycles. The Morgan fingerprint density at radius 2 is 1.60 bits per heavy atom. The summed E-state index contributed by atoms with van der Waals surface area (Å²) in [5, 5.41) is 0. The molecule has 35 heavy (non-hydrogen) atoms. The molecule has 1 aliphatic carbocycles. The Bertz CT molecular complexity index is 975. The molecule has 0 radical (unpaired) electrons. The van der Waals surface area contributed by atoms with Gasteiger partial charge in [0.05, 0.1) is 6.61 Å². The summed E-state index contributed by atoms with van der Waals surface area (Å²) in [6.45, 7) is 2.03. The third-order valence-electron chi connectivity index (χ3n) is 7.27. The molecule has 3 heterocycles. The normalized spacial score (nSPS) is 32.5. The van der Waals surface area contributed by atoms with Gasteiger partial charge in [0.15, 0.2) is 11.9 Å². The maximum atomic E-state index is 13.7. The van der Waals surface area contributed by atoms with E-state index in [9.17, 15) is 4.57 Å². The van der Waals surface area contributed by atoms with Crippen molar-refractivity contribution in [3.05, 3.63) is 60.7 Å². The quantitative estimate of drug-likeness (QED) is 0.292. The maximum Gasteiger partial charge on any atom is 0.587 e. The number of hydrogen-bond acceptors (Lipinski definition) is 8. The molecule has 3 aliphatic heterocycles. The van der Waals surface area contributed by atoms with Gasteiger partial charge < -0.3 is 18.5 Å². The Labute approximate surface area is 206 Å². The first-order valence-electron chi connectivity index (χ1n) is 12.3. The van der Waals surface area contributed by atoms with Gasteiger partial charge in [0, 0.05) is 13.5 Å². The average Bonchev–Trinajstić information content (AvgIpc) is 3.10. The zero-order chi connectivity index (χ0) is 24.4. The second-order valence-corrected chi connectivity index (χ2v) is 11.1. The zero-order valence-corrected chi connectivity index (χ0v) is 21.1. The molecular weight excluding hydrogens is 471 g/mol. The molecule has 2 aromatic rings. The van der Waals surface area contributed by atoms with Crippen molar-refractivity contribution in [3.8, 4) is 11.5 Å². The number of ether oxygens (including phenoxy) is 2. The molecule has 190 valence electrons. The van der Waals surface area contributed by atoms with Crippen molar-refractivity contribution < 1.29 is 37.4 Å². The lowest BCUT2D eigenvalue weighted by Gasteiger charge is -2.53. The lowest BCUT2D eigenvalue weighted by Crippen LogP contribution is -2.63. The van der Waals surface area contributed by atoms with Crippen LogP contribution in [0.25, 0.3) is 0 Å². The van der Waals surface area contributed by atoms with Crippen molar-refractivity contribution in [3.63, 3.8) is 0 Å². The number of hydrogen-bond donors (Lipinski definition) is 0. The fourth-order valence-corrected chi connectivity index (χ4v) is 6.79. The summed E-state index contributed by atoms with van der Waals surface area (Å²) in [4.78, 5) is 11.9. The number of fused-ring (bicyclic) bond motifs is 3. The van der Waals surface area contributed by atoms with E-state index in [1.165, 1.54) is 0 Å². The molecule has 4 aliphatic rings. The van der Waals surface area contributed by atoms with E-state index < -0.39 is 25.5 Å². The Kier molecular flexibility index (Phi) is 7.22. The van der Waals surface area contributed by atoms with Crippen LogP contribution < -0.4 is 9.05 Å². The third-order valence-corrected chi connectivity index (χ3v) is 8.63. The topological polar surface area (TPSA) is 81.7 Å². The van der Waals surface area contributed by atoms with Crippen LogP contribution >= 0.6 is 7.82 Å². The molecule has 9 heteroatoms. The zero-order valence-electron chi connectivity index (χ0n) is 20.2. The SMILES string of the molecule is CO[C@H]1O[C@]2(C)CC[C@H]3CCC[C@@H](CCOP(=O)(Oc4ccccc4)Oc4ccccc4)[C@]31OO2. The molecule has 8 nitrogen and oxygen atoms in total. The van der Waals surface area contributed by atoms with E-state index in [1.54, 1.807) is 55.6 Å². The Morgan fingerprint density at radius 1 is 0.943 bits per heavy atom. The van der Waals surface area contributed by atoms with Gasteiger partial charge in [0.25, 0.3) is 0 Å². The van der Waals surface area contributed by atoms with Crippen molar-refractivity contribution in [2.45, 2.75) is 63.1 Å². The van der Waals surface area contributed by atoms with Gasteiger partial charge in [-0.05, 0) is 68.7 Å². The number of rotatable bonds is 9. The molecular formula is C26H33O8P. The summed E-state index contributed by atoms with van der Waals surface area (Å²) in [5.41, 5.74) is -0.739. The number of para-hydroxylation sites is 2. The standard InChI is InChI=1S/C26H33O8P/c1-25-18-16-20-10-9-11-21(26(20,34-33-25)24(28-2)30-25)17-19-29-35(27,31-22-12-5-3-6-13-22)32-23-14-7-4-8-15-23/h3-8,12-15,20-21,24H,9-11,16-19H2,1-2H3/t20-,21+,24+,25+,26-/m1/s1. The molecule has 0 N–H and O–H groups in total. The fraction of sp³-hybridized carbons (Fsp3) is 0.538. The van der Waals surface area contributed by atoms with Gasteiger partial charge in [-0.2, -0.15) is 0 Å². The van der Waals surface area contributed by atoms with Crippen molar-refractivity contribution in [2.24, 2.45) is 11.8 Å². The summed E-state index contributed by atoms with van der Waals surface area (Å²) >= 11 is 0. The van der Waals surface area contributed by atoms with Crippen LogP contribution in [0.2, 0.25) is 0 Å². The first-order valence-corrected chi connectivity index (χ1v) is 13.7. The molecule has 3 saturated heterocycles. The van der Waals surface area contributed by atoms with Crippen molar-refractivity contribution in [1.29, 1.82) is 0 Å². The largest absolute Gasteiger partial charge is 0.587 e. The van der Waals surface area contributed by atoms with E-state index >= 15 is 0 Å². The third kappa shape index (κ3) is 5.15. The van der Waals surface area contributed by atoms with Crippen LogP contribution in [0.1, 0.15) is 45.4 Å². The Balaban J connectivity index is 1.32. The lowest BCUT2D eigenvalue weighted by atomic mass is 9.65. The first kappa shape index (κ1) is 24.8. The highest BCUT2D eigenvalue weighted by Gasteiger charge is 2.63. The van der Waals surface area contributed by atoms with E-state index in [4.69, 9.17) is 32.8 Å². The molecule has 2 aromatic carbocycles. The second kappa shape index (κ2) is 10.2. The number of phosphoric ester groups is 1. The molecule has 2 bridgehead atoms. The van der Waals surface area contributed by atoms with Gasteiger partial charge in [-0.25, -0.2) is 14.3 Å². The minimum absolute atomic E-state index is 0.0238. The molecule has 4 fully saturated rings. The van der Waals surface area contributed by atoms with Crippen LogP contribution in [0.5, 0.6) is 11.5 Å². The van der Waals surface area contributed by atoms with E-state index in [-0.39, 0.29) is 18.4 Å². The fourth-order valence-electron chi connectivity index (χ4n) is 5.56. The highest BCUT2D eigenvalue weighted by molar-refractivity contribution is 7.49. The number of phosphoric acid groups is 1. The molecule has 6 rings (SSSR count). The van der Waals surface area contributed by atoms with Crippen LogP contribution in [0.4, 0.5) is 0 Å². The smallest absolute Gasteiger partial charge is 0.395 e. The second-order valence-electron chi connectivity index (χ2n) is 9.58. The van der Waals surface area contributed by atoms with Gasteiger partial charge in [-0.3, -0.25) is 4.52 Å². The van der Waals surface area contributed by atoms with E-state index in [1.807, 2.05) is 19.1 Å². The summed E-state index contributed by atoms with van der Waals surface area (Å²) in [5.74, 6) is 0.262. The lowest BCUT2D eigenvalue weighted by molar-refractivity contribution is -0.554. The molecule has 0 amide bonds. The summed E-state index contributed by atoms with van der Waals surface area (Å²) < 4.78 is 43.1. The molecule has 1 spiro atoms. The van der Waals surface area contributed by atoms with Crippen LogP contribution in [-0.2, 0) is 28.3 Å². The van der Waals surface area contributed by atoms with Gasteiger partial charge in [-0.1, -0.05) is 42.8 Å². The minimum atomic E-state index is -3.96. The minimum Gasteiger partial charge on any atom is -0.395 e. The van der Waals surface area contributed by atoms with Crippen molar-refractivity contribution in [2.75, 3.05) is 13.7 Å². The van der Waals surface area contributed by atoms with Crippen LogP contribution in [0, 0.1) is 11.8 Å². The van der Waals surface area contributed by atoms with Crippen molar-refractivity contribution >= 4 is 7.82 Å². The number of benzene rings is 2. The van der Waals surface area contributed by atoms with Crippen LogP contribution in [-0.4, -0.2) is 31.4 Å². The van der Waals surface area contributed by atoms with Gasteiger partial charge in [0.1, 0.15) is 11.5 Å². The molecule has 0 unspecified atom stereocenters. The number of methoxy groups -OCH3 is 1. The highest BCUT2D eigenvalue weighted by Crippen LogP contribution is 2.56. The predicted molar refractivity (Wildman–Crippen MR) is 128 cm³/mol. The van der Waals surface area contributed by atoms with Crippen LogP contribution in [0.3, 0.4) is 0 Å². The molecule has 5 atom stereocenters. The first-order chi connectivity index (χ1) is 16.9. The van der Waals surface area contributed by atoms with Gasteiger partial charge in [0.2, 0.25) is 5.79 Å². The van der Waals surface area contributed by atoms with Gasteiger partial charge >= 0.3 is 7.82 Å². The highest BCUT2D eigenvalue weighted by atomic mass is 31.2. The van der Waals surface area contributed by atoms with E-state index in [2.05, 4.69) is 0 Å². The van der Waals surface area contributed by atoms with E-state index in [0.29, 0.717) is 17.9 Å². The van der Waals surface area contributed by atoms with Gasteiger partial charge in [-0.15, -0.1) is 0 Å². The predicted octanol–water partition coefficient (Wildman–Crippen LogP) is 6.28. The van der Waals surface area contributed by atoms with Crippen LogP contribution in [0.15, 0.2) is 60.7 Å². The van der Waals surface area contributed by atoms with E-state index in [0.717, 1.165) is 32.1 Å². The molecule has 0 aromatic heterocycles. The summed E-state index contributed by atoms with van der Waals surface area (Å²) in [6, 6.07) is 17.8. The Hall–Kier alpha value is -1.93. The van der Waals surface area contributed by atoms with Crippen molar-refractivity contribution in [1.82, 2.24) is 0 Å². The monoisotopic (exact) mass is 504 g/mol. The summed E-state index contributed by atoms with van der Waals surface area (Å²) in [7, 11) is -2.32.